The van der Waals surface area contributed by atoms with E-state index in [1.54, 1.807) is 0 Å². The molecule has 2 aromatic carbocycles. The molecular formula is C13H14N. The molecule has 71 valence electrons. The van der Waals surface area contributed by atoms with Crippen molar-refractivity contribution in [2.75, 3.05) is 14.1 Å². The molecule has 2 aromatic rings. The molecular weight excluding hydrogens is 170 g/mol. The first-order valence-corrected chi connectivity index (χ1v) is 4.79. The van der Waals surface area contributed by atoms with E-state index >= 15 is 0 Å². The summed E-state index contributed by atoms with van der Waals surface area (Å²) in [5.41, 5.74) is 1.36. The summed E-state index contributed by atoms with van der Waals surface area (Å²) in [6.45, 7) is 0.995. The van der Waals surface area contributed by atoms with Gasteiger partial charge in [0.25, 0.3) is 0 Å². The monoisotopic (exact) mass is 184 g/mol. The summed E-state index contributed by atoms with van der Waals surface area (Å²) in [7, 11) is 4.17. The maximum Gasteiger partial charge on any atom is 0.0227 e. The van der Waals surface area contributed by atoms with E-state index < -0.39 is 0 Å². The van der Waals surface area contributed by atoms with Crippen molar-refractivity contribution in [2.24, 2.45) is 0 Å². The standard InChI is InChI=1S/C13H14N/c1-14(2)10-11-7-8-12-5-3-4-6-13(12)9-11/h4-9H,10H2,1-2H3. The molecule has 14 heavy (non-hydrogen) atoms. The molecule has 0 spiro atoms. The van der Waals surface area contributed by atoms with Gasteiger partial charge in [0, 0.05) is 6.54 Å². The molecule has 0 heterocycles. The first kappa shape index (κ1) is 9.22. The van der Waals surface area contributed by atoms with E-state index in [0.29, 0.717) is 0 Å². The van der Waals surface area contributed by atoms with Crippen molar-refractivity contribution in [3.8, 4) is 0 Å². The SMILES string of the molecule is CN(C)Cc1ccc2c[c]ccc2c1. The van der Waals surface area contributed by atoms with Crippen LogP contribution in [0, 0.1) is 6.07 Å². The zero-order valence-electron chi connectivity index (χ0n) is 8.62. The zero-order chi connectivity index (χ0) is 9.97. The summed E-state index contributed by atoms with van der Waals surface area (Å²) >= 11 is 0. The molecule has 0 N–H and O–H groups in total. The average molecular weight is 184 g/mol. The van der Waals surface area contributed by atoms with Crippen LogP contribution < -0.4 is 0 Å². The Bertz CT molecular complexity index is 432. The lowest BCUT2D eigenvalue weighted by Gasteiger charge is -2.09. The normalized spacial score (nSPS) is 11.1. The molecule has 1 heteroatoms. The van der Waals surface area contributed by atoms with E-state index in [0.717, 1.165) is 6.54 Å². The minimum atomic E-state index is 0.995. The molecule has 0 fully saturated rings. The third-order valence-corrected chi connectivity index (χ3v) is 2.25. The van der Waals surface area contributed by atoms with Gasteiger partial charge in [0.05, 0.1) is 0 Å². The van der Waals surface area contributed by atoms with Crippen LogP contribution in [0.1, 0.15) is 5.56 Å². The quantitative estimate of drug-likeness (QED) is 0.693. The molecule has 0 amide bonds. The molecule has 0 unspecified atom stereocenters. The van der Waals surface area contributed by atoms with Gasteiger partial charge in [0.15, 0.2) is 0 Å². The number of rotatable bonds is 2. The van der Waals surface area contributed by atoms with E-state index in [9.17, 15) is 0 Å². The molecule has 0 aliphatic heterocycles. The van der Waals surface area contributed by atoms with Crippen LogP contribution in [-0.2, 0) is 6.54 Å². The fraction of sp³-hybridized carbons (Fsp3) is 0.231. The number of hydrogen-bond acceptors (Lipinski definition) is 1. The Morgan fingerprint density at radius 3 is 2.79 bits per heavy atom. The minimum Gasteiger partial charge on any atom is -0.305 e. The van der Waals surface area contributed by atoms with Gasteiger partial charge in [0.1, 0.15) is 0 Å². The Morgan fingerprint density at radius 1 is 1.14 bits per heavy atom. The molecule has 0 saturated heterocycles. The Labute approximate surface area is 85.0 Å². The predicted molar refractivity (Wildman–Crippen MR) is 60.2 cm³/mol. The number of nitrogens with zero attached hydrogens (tertiary/aromatic N) is 1. The third kappa shape index (κ3) is 1.94. The second-order valence-electron chi connectivity index (χ2n) is 3.85. The van der Waals surface area contributed by atoms with E-state index in [4.69, 9.17) is 0 Å². The molecule has 1 nitrogen and oxygen atoms in total. The Morgan fingerprint density at radius 2 is 2.00 bits per heavy atom. The summed E-state index contributed by atoms with van der Waals surface area (Å²) in [6, 6.07) is 15.7. The minimum absolute atomic E-state index is 0.995. The summed E-state index contributed by atoms with van der Waals surface area (Å²) < 4.78 is 0. The van der Waals surface area contributed by atoms with Crippen molar-refractivity contribution in [3.63, 3.8) is 0 Å². The van der Waals surface area contributed by atoms with Crippen LogP contribution in [-0.4, -0.2) is 19.0 Å². The van der Waals surface area contributed by atoms with Gasteiger partial charge >= 0.3 is 0 Å². The van der Waals surface area contributed by atoms with Crippen LogP contribution in [0.15, 0.2) is 36.4 Å². The van der Waals surface area contributed by atoms with E-state index in [1.165, 1.54) is 16.3 Å². The van der Waals surface area contributed by atoms with Gasteiger partial charge < -0.3 is 4.90 Å². The van der Waals surface area contributed by atoms with Crippen LogP contribution in [0.2, 0.25) is 0 Å². The van der Waals surface area contributed by atoms with Gasteiger partial charge in [0.2, 0.25) is 0 Å². The van der Waals surface area contributed by atoms with Gasteiger partial charge in [-0.1, -0.05) is 24.3 Å². The Hall–Kier alpha value is -1.34. The van der Waals surface area contributed by atoms with Crippen molar-refractivity contribution in [2.45, 2.75) is 6.54 Å². The molecule has 0 aliphatic rings. The molecule has 0 bridgehead atoms. The van der Waals surface area contributed by atoms with Crippen LogP contribution in [0.5, 0.6) is 0 Å². The van der Waals surface area contributed by atoms with Crippen molar-refractivity contribution < 1.29 is 0 Å². The molecule has 0 aromatic heterocycles. The van der Waals surface area contributed by atoms with Crippen LogP contribution in [0.3, 0.4) is 0 Å². The van der Waals surface area contributed by atoms with Crippen molar-refractivity contribution in [1.29, 1.82) is 0 Å². The summed E-state index contributed by atoms with van der Waals surface area (Å²) in [5.74, 6) is 0. The van der Waals surface area contributed by atoms with E-state index in [2.05, 4.69) is 49.3 Å². The van der Waals surface area contributed by atoms with Gasteiger partial charge in [-0.3, -0.25) is 0 Å². The zero-order valence-corrected chi connectivity index (χ0v) is 8.62. The topological polar surface area (TPSA) is 3.24 Å². The summed E-state index contributed by atoms with van der Waals surface area (Å²) in [6.07, 6.45) is 0. The second-order valence-corrected chi connectivity index (χ2v) is 3.85. The fourth-order valence-electron chi connectivity index (χ4n) is 1.64. The lowest BCUT2D eigenvalue weighted by Crippen LogP contribution is -2.10. The highest BCUT2D eigenvalue weighted by Gasteiger charge is 1.96. The third-order valence-electron chi connectivity index (χ3n) is 2.25. The molecule has 0 aliphatic carbocycles. The smallest absolute Gasteiger partial charge is 0.0227 e. The Balaban J connectivity index is 2.41. The lowest BCUT2D eigenvalue weighted by atomic mass is 10.1. The number of fused-ring (bicyclic) bond motifs is 1. The summed E-state index contributed by atoms with van der Waals surface area (Å²) in [5, 5.41) is 2.55. The van der Waals surface area contributed by atoms with Gasteiger partial charge in [-0.15, -0.1) is 0 Å². The van der Waals surface area contributed by atoms with Crippen molar-refractivity contribution in [3.05, 3.63) is 48.0 Å². The molecule has 1 radical (unpaired) electrons. The number of hydrogen-bond donors (Lipinski definition) is 0. The first-order valence-electron chi connectivity index (χ1n) is 4.79. The van der Waals surface area contributed by atoms with Crippen molar-refractivity contribution >= 4 is 10.8 Å². The van der Waals surface area contributed by atoms with Crippen LogP contribution in [0.4, 0.5) is 0 Å². The van der Waals surface area contributed by atoms with Gasteiger partial charge in [-0.2, -0.15) is 0 Å². The maximum absolute atomic E-state index is 3.09. The predicted octanol–water partition coefficient (Wildman–Crippen LogP) is 2.70. The molecule has 0 atom stereocenters. The average Bonchev–Trinajstić information content (AvgIpc) is 2.17. The highest BCUT2D eigenvalue weighted by atomic mass is 15.0. The van der Waals surface area contributed by atoms with Gasteiger partial charge in [-0.25, -0.2) is 0 Å². The number of benzene rings is 2. The first-order chi connectivity index (χ1) is 6.75. The maximum atomic E-state index is 3.09. The van der Waals surface area contributed by atoms with E-state index in [1.807, 2.05) is 12.1 Å². The molecule has 0 saturated carbocycles. The van der Waals surface area contributed by atoms with Crippen LogP contribution in [0.25, 0.3) is 10.8 Å². The summed E-state index contributed by atoms with van der Waals surface area (Å²) in [4.78, 5) is 2.18. The lowest BCUT2D eigenvalue weighted by molar-refractivity contribution is 0.403. The highest BCUT2D eigenvalue weighted by molar-refractivity contribution is 5.82. The van der Waals surface area contributed by atoms with E-state index in [-0.39, 0.29) is 0 Å². The highest BCUT2D eigenvalue weighted by Crippen LogP contribution is 2.15. The largest absolute Gasteiger partial charge is 0.305 e. The molecule has 2 rings (SSSR count). The fourth-order valence-corrected chi connectivity index (χ4v) is 1.64. The Kier molecular flexibility index (Phi) is 2.51. The van der Waals surface area contributed by atoms with Crippen molar-refractivity contribution in [1.82, 2.24) is 4.90 Å². The van der Waals surface area contributed by atoms with Gasteiger partial charge in [-0.05, 0) is 48.6 Å². The second kappa shape index (κ2) is 3.81. The van der Waals surface area contributed by atoms with Crippen LogP contribution >= 0.6 is 0 Å².